The predicted octanol–water partition coefficient (Wildman–Crippen LogP) is 1.03. The molecule has 0 aromatic carbocycles. The molecule has 0 fully saturated rings. The molecule has 3 aromatic heterocycles. The van der Waals surface area contributed by atoms with Crippen LogP contribution in [-0.4, -0.2) is 19.2 Å². The van der Waals surface area contributed by atoms with E-state index >= 15 is 0 Å². The molecular weight excluding hydrogens is 204 g/mol. The van der Waals surface area contributed by atoms with Gasteiger partial charge < -0.3 is 4.98 Å². The summed E-state index contributed by atoms with van der Waals surface area (Å²) in [5.41, 5.74) is 2.65. The molecule has 0 amide bonds. The second-order valence-electron chi connectivity index (χ2n) is 3.63. The maximum atomic E-state index is 11.4. The van der Waals surface area contributed by atoms with Crippen LogP contribution in [-0.2, 0) is 7.05 Å². The highest BCUT2D eigenvalue weighted by atomic mass is 16.1. The fourth-order valence-electron chi connectivity index (χ4n) is 1.82. The fraction of sp³-hybridized carbons (Fsp3) is 0.0909. The van der Waals surface area contributed by atoms with E-state index in [0.29, 0.717) is 0 Å². The van der Waals surface area contributed by atoms with Crippen molar-refractivity contribution in [3.05, 3.63) is 47.3 Å². The number of nitrogens with one attached hydrogen (secondary N) is 1. The molecule has 0 saturated heterocycles. The van der Waals surface area contributed by atoms with E-state index in [4.69, 9.17) is 0 Å². The number of fused-ring (bicyclic) bond motifs is 1. The molecule has 3 rings (SSSR count). The van der Waals surface area contributed by atoms with Gasteiger partial charge in [0.05, 0.1) is 17.4 Å². The zero-order valence-electron chi connectivity index (χ0n) is 8.71. The smallest absolute Gasteiger partial charge is 0.312 e. The predicted molar refractivity (Wildman–Crippen MR) is 60.2 cm³/mol. The number of hydrogen-bond donors (Lipinski definition) is 1. The van der Waals surface area contributed by atoms with Crippen molar-refractivity contribution in [1.29, 1.82) is 0 Å². The van der Waals surface area contributed by atoms with Crippen molar-refractivity contribution < 1.29 is 0 Å². The lowest BCUT2D eigenvalue weighted by Crippen LogP contribution is -2.12. The second kappa shape index (κ2) is 3.10. The van der Waals surface area contributed by atoms with Crippen molar-refractivity contribution in [2.75, 3.05) is 0 Å². The van der Waals surface area contributed by atoms with Crippen molar-refractivity contribution in [1.82, 2.24) is 19.2 Å². The summed E-state index contributed by atoms with van der Waals surface area (Å²) in [6.07, 6.45) is 5.34. The van der Waals surface area contributed by atoms with Gasteiger partial charge in [-0.2, -0.15) is 5.10 Å². The van der Waals surface area contributed by atoms with E-state index in [1.54, 1.807) is 28.5 Å². The van der Waals surface area contributed by atoms with Crippen molar-refractivity contribution in [2.24, 2.45) is 7.05 Å². The van der Waals surface area contributed by atoms with Crippen LogP contribution in [0.4, 0.5) is 0 Å². The topological polar surface area (TPSA) is 55.1 Å². The molecule has 0 aliphatic heterocycles. The molecule has 0 aliphatic carbocycles. The van der Waals surface area contributed by atoms with Crippen molar-refractivity contribution in [2.45, 2.75) is 0 Å². The second-order valence-corrected chi connectivity index (χ2v) is 3.63. The normalized spacial score (nSPS) is 11.1. The molecule has 0 aliphatic rings. The molecule has 1 N–H and O–H groups in total. The number of rotatable bonds is 1. The SMILES string of the molecule is Cn1c(-c2cnn3ccccc23)c[nH]c1=O. The van der Waals surface area contributed by atoms with E-state index in [0.717, 1.165) is 16.8 Å². The third-order valence-electron chi connectivity index (χ3n) is 2.70. The summed E-state index contributed by atoms with van der Waals surface area (Å²) in [6.45, 7) is 0. The Bertz CT molecular complexity index is 704. The summed E-state index contributed by atoms with van der Waals surface area (Å²) in [6, 6.07) is 5.84. The Labute approximate surface area is 91.0 Å². The van der Waals surface area contributed by atoms with Gasteiger partial charge in [-0.1, -0.05) is 6.07 Å². The maximum absolute atomic E-state index is 11.4. The van der Waals surface area contributed by atoms with Crippen molar-refractivity contribution in [3.8, 4) is 11.3 Å². The van der Waals surface area contributed by atoms with Gasteiger partial charge >= 0.3 is 5.69 Å². The van der Waals surface area contributed by atoms with E-state index in [9.17, 15) is 4.79 Å². The summed E-state index contributed by atoms with van der Waals surface area (Å²) >= 11 is 0. The highest BCUT2D eigenvalue weighted by Crippen LogP contribution is 2.21. The number of pyridine rings is 1. The van der Waals surface area contributed by atoms with Crippen LogP contribution in [0, 0.1) is 0 Å². The van der Waals surface area contributed by atoms with E-state index < -0.39 is 0 Å². The summed E-state index contributed by atoms with van der Waals surface area (Å²) in [7, 11) is 1.74. The molecule has 0 unspecified atom stereocenters. The number of H-pyrrole nitrogens is 1. The number of aromatic nitrogens is 4. The molecule has 3 aromatic rings. The molecule has 16 heavy (non-hydrogen) atoms. The molecule has 0 bridgehead atoms. The van der Waals surface area contributed by atoms with E-state index in [1.165, 1.54) is 0 Å². The summed E-state index contributed by atoms with van der Waals surface area (Å²) in [5.74, 6) is 0. The van der Waals surface area contributed by atoms with Gasteiger partial charge in [-0.25, -0.2) is 9.31 Å². The molecule has 80 valence electrons. The Balaban J connectivity index is 2.34. The van der Waals surface area contributed by atoms with E-state index in [1.807, 2.05) is 24.4 Å². The monoisotopic (exact) mass is 214 g/mol. The Morgan fingerprint density at radius 3 is 3.00 bits per heavy atom. The van der Waals surface area contributed by atoms with Gasteiger partial charge in [0.25, 0.3) is 0 Å². The first-order valence-corrected chi connectivity index (χ1v) is 4.94. The first kappa shape index (κ1) is 8.96. The zero-order valence-corrected chi connectivity index (χ0v) is 8.71. The van der Waals surface area contributed by atoms with Crippen LogP contribution in [0.2, 0.25) is 0 Å². The number of imidazole rings is 1. The molecule has 5 heteroatoms. The number of nitrogens with zero attached hydrogens (tertiary/aromatic N) is 3. The fourth-order valence-corrected chi connectivity index (χ4v) is 1.82. The average Bonchev–Trinajstić information content (AvgIpc) is 2.85. The average molecular weight is 214 g/mol. The van der Waals surface area contributed by atoms with Crippen LogP contribution in [0.15, 0.2) is 41.6 Å². The van der Waals surface area contributed by atoms with Gasteiger partial charge in [-0.05, 0) is 12.1 Å². The van der Waals surface area contributed by atoms with Crippen molar-refractivity contribution in [3.63, 3.8) is 0 Å². The first-order valence-electron chi connectivity index (χ1n) is 4.94. The largest absolute Gasteiger partial charge is 0.325 e. The van der Waals surface area contributed by atoms with E-state index in [-0.39, 0.29) is 5.69 Å². The van der Waals surface area contributed by atoms with Crippen LogP contribution in [0.3, 0.4) is 0 Å². The summed E-state index contributed by atoms with van der Waals surface area (Å²) in [4.78, 5) is 14.0. The lowest BCUT2D eigenvalue weighted by Gasteiger charge is -1.98. The quantitative estimate of drug-likeness (QED) is 0.657. The Kier molecular flexibility index (Phi) is 1.73. The minimum Gasteiger partial charge on any atom is -0.312 e. The molecule has 0 spiro atoms. The Morgan fingerprint density at radius 2 is 2.25 bits per heavy atom. The van der Waals surface area contributed by atoms with Gasteiger partial charge in [0, 0.05) is 25.0 Å². The molecule has 0 saturated carbocycles. The lowest BCUT2D eigenvalue weighted by molar-refractivity contribution is 0.870. The number of hydrogen-bond acceptors (Lipinski definition) is 2. The summed E-state index contributed by atoms with van der Waals surface area (Å²) in [5, 5.41) is 4.23. The van der Waals surface area contributed by atoms with Gasteiger partial charge in [0.2, 0.25) is 0 Å². The highest BCUT2D eigenvalue weighted by Gasteiger charge is 2.10. The van der Waals surface area contributed by atoms with Crippen molar-refractivity contribution >= 4 is 5.52 Å². The minimum atomic E-state index is -0.120. The number of aromatic amines is 1. The zero-order chi connectivity index (χ0) is 11.1. The van der Waals surface area contributed by atoms with Gasteiger partial charge in [-0.15, -0.1) is 0 Å². The maximum Gasteiger partial charge on any atom is 0.325 e. The molecule has 0 radical (unpaired) electrons. The van der Waals surface area contributed by atoms with Crippen LogP contribution in [0.5, 0.6) is 0 Å². The first-order chi connectivity index (χ1) is 7.77. The van der Waals surface area contributed by atoms with Crippen LogP contribution >= 0.6 is 0 Å². The van der Waals surface area contributed by atoms with Crippen LogP contribution in [0.1, 0.15) is 0 Å². The van der Waals surface area contributed by atoms with Gasteiger partial charge in [-0.3, -0.25) is 4.57 Å². The molecule has 0 atom stereocenters. The Morgan fingerprint density at radius 1 is 1.38 bits per heavy atom. The van der Waals surface area contributed by atoms with Crippen LogP contribution in [0.25, 0.3) is 16.8 Å². The molecule has 5 nitrogen and oxygen atoms in total. The minimum absolute atomic E-state index is 0.120. The Hall–Kier alpha value is -2.30. The van der Waals surface area contributed by atoms with Crippen LogP contribution < -0.4 is 5.69 Å². The molecular formula is C11H10N4O. The molecule has 3 heterocycles. The highest BCUT2D eigenvalue weighted by molar-refractivity contribution is 5.77. The standard InChI is InChI=1S/C11H10N4O/c1-14-10(7-12-11(14)16)8-6-13-15-5-3-2-4-9(8)15/h2-7H,1H3,(H,12,16). The van der Waals surface area contributed by atoms with Gasteiger partial charge in [0.15, 0.2) is 0 Å². The van der Waals surface area contributed by atoms with Gasteiger partial charge in [0.1, 0.15) is 0 Å². The third-order valence-corrected chi connectivity index (χ3v) is 2.70. The van der Waals surface area contributed by atoms with E-state index in [2.05, 4.69) is 10.1 Å². The lowest BCUT2D eigenvalue weighted by atomic mass is 10.2. The summed E-state index contributed by atoms with van der Waals surface area (Å²) < 4.78 is 3.36. The third kappa shape index (κ3) is 1.11.